The Balaban J connectivity index is 1.78. The molecule has 0 bridgehead atoms. The van der Waals surface area contributed by atoms with Gasteiger partial charge in [-0.2, -0.15) is 10.2 Å². The lowest BCUT2D eigenvalue weighted by molar-refractivity contribution is -0.121. The highest BCUT2D eigenvalue weighted by atomic mass is 16.2. The molecule has 1 aliphatic heterocycles. The number of nitrogens with one attached hydrogen (secondary N) is 2. The summed E-state index contributed by atoms with van der Waals surface area (Å²) in [4.78, 5) is 23.4. The van der Waals surface area contributed by atoms with Gasteiger partial charge in [-0.05, 0) is 24.6 Å². The zero-order valence-corrected chi connectivity index (χ0v) is 12.7. The van der Waals surface area contributed by atoms with E-state index >= 15 is 0 Å². The van der Waals surface area contributed by atoms with Gasteiger partial charge in [-0.15, -0.1) is 0 Å². The number of rotatable bonds is 4. The van der Waals surface area contributed by atoms with Crippen molar-refractivity contribution < 1.29 is 9.59 Å². The van der Waals surface area contributed by atoms with Crippen LogP contribution in [0.3, 0.4) is 0 Å². The lowest BCUT2D eigenvalue weighted by Crippen LogP contribution is -2.38. The fraction of sp³-hybridized carbons (Fsp3) is 0.250. The minimum absolute atomic E-state index is 0.168. The van der Waals surface area contributed by atoms with Crippen molar-refractivity contribution in [2.45, 2.75) is 25.8 Å². The Kier molecular flexibility index (Phi) is 4.18. The Morgan fingerprint density at radius 3 is 2.83 bits per heavy atom. The van der Waals surface area contributed by atoms with Gasteiger partial charge in [-0.1, -0.05) is 18.2 Å². The van der Waals surface area contributed by atoms with E-state index in [1.807, 2.05) is 43.5 Å². The predicted octanol–water partition coefficient (Wildman–Crippen LogP) is 1.32. The van der Waals surface area contributed by atoms with Gasteiger partial charge in [0.05, 0.1) is 11.7 Å². The van der Waals surface area contributed by atoms with Crippen LogP contribution >= 0.6 is 0 Å². The molecule has 1 aliphatic rings. The number of hydrogen-bond donors (Lipinski definition) is 2. The summed E-state index contributed by atoms with van der Waals surface area (Å²) in [5.41, 5.74) is 4.53. The van der Waals surface area contributed by atoms with Crippen LogP contribution in [0.2, 0.25) is 0 Å². The number of amides is 2. The number of nitrogens with zero attached hydrogens (tertiary/aromatic N) is 3. The summed E-state index contributed by atoms with van der Waals surface area (Å²) in [6, 6.07) is 9.37. The number of carbonyl (C=O) groups is 2. The van der Waals surface area contributed by atoms with Crippen LogP contribution in [0.5, 0.6) is 0 Å². The van der Waals surface area contributed by atoms with E-state index in [0.717, 1.165) is 11.3 Å². The third-order valence-electron chi connectivity index (χ3n) is 3.67. The van der Waals surface area contributed by atoms with Gasteiger partial charge in [0, 0.05) is 25.2 Å². The Morgan fingerprint density at radius 2 is 2.13 bits per heavy atom. The molecule has 1 aromatic heterocycles. The molecule has 0 saturated carbocycles. The first-order valence-electron chi connectivity index (χ1n) is 7.40. The van der Waals surface area contributed by atoms with Crippen LogP contribution in [0, 0.1) is 0 Å². The van der Waals surface area contributed by atoms with Gasteiger partial charge in [-0.3, -0.25) is 9.59 Å². The fourth-order valence-corrected chi connectivity index (χ4v) is 2.47. The summed E-state index contributed by atoms with van der Waals surface area (Å²) in [6.45, 7) is 1.90. The highest BCUT2D eigenvalue weighted by molar-refractivity contribution is 6.39. The van der Waals surface area contributed by atoms with Gasteiger partial charge in [0.15, 0.2) is 0 Å². The molecule has 0 fully saturated rings. The summed E-state index contributed by atoms with van der Waals surface area (Å²) in [5.74, 6) is -0.439. The minimum atomic E-state index is -0.271. The maximum absolute atomic E-state index is 12.3. The van der Waals surface area contributed by atoms with Crippen LogP contribution < -0.4 is 10.7 Å². The zero-order valence-electron chi connectivity index (χ0n) is 12.7. The predicted molar refractivity (Wildman–Crippen MR) is 84.9 cm³/mol. The normalized spacial score (nSPS) is 15.5. The number of carbonyl (C=O) groups excluding carboxylic acids is 2. The number of benzene rings is 1. The molecular formula is C16H17N5O2. The number of hydrazone groups is 1. The molecule has 118 valence electrons. The zero-order chi connectivity index (χ0) is 16.2. The second-order valence-corrected chi connectivity index (χ2v) is 5.30. The summed E-state index contributed by atoms with van der Waals surface area (Å²) in [5, 5.41) is 11.0. The average molecular weight is 311 g/mol. The van der Waals surface area contributed by atoms with Crippen molar-refractivity contribution in [2.75, 3.05) is 0 Å². The Hall–Kier alpha value is -2.96. The smallest absolute Gasteiger partial charge is 0.267 e. The maximum Gasteiger partial charge on any atom is 0.267 e. The minimum Gasteiger partial charge on any atom is -0.344 e. The van der Waals surface area contributed by atoms with E-state index in [9.17, 15) is 9.59 Å². The molecule has 2 N–H and O–H groups in total. The van der Waals surface area contributed by atoms with Gasteiger partial charge in [0.2, 0.25) is 5.91 Å². The summed E-state index contributed by atoms with van der Waals surface area (Å²) in [6.07, 6.45) is 4.20. The molecule has 1 atom stereocenters. The van der Waals surface area contributed by atoms with E-state index in [1.165, 1.54) is 0 Å². The quantitative estimate of drug-likeness (QED) is 0.892. The van der Waals surface area contributed by atoms with E-state index in [-0.39, 0.29) is 24.3 Å². The van der Waals surface area contributed by atoms with Gasteiger partial charge < -0.3 is 5.32 Å². The lowest BCUT2D eigenvalue weighted by atomic mass is 10.1. The first-order valence-corrected chi connectivity index (χ1v) is 7.40. The summed E-state index contributed by atoms with van der Waals surface area (Å²) in [7, 11) is 0. The first-order chi connectivity index (χ1) is 11.1. The van der Waals surface area contributed by atoms with Gasteiger partial charge >= 0.3 is 0 Å². The van der Waals surface area contributed by atoms with Crippen molar-refractivity contribution in [3.8, 4) is 5.69 Å². The van der Waals surface area contributed by atoms with Crippen molar-refractivity contribution in [3.05, 3.63) is 48.3 Å². The lowest BCUT2D eigenvalue weighted by Gasteiger charge is -2.19. The van der Waals surface area contributed by atoms with Gasteiger partial charge in [-0.25, -0.2) is 10.1 Å². The van der Waals surface area contributed by atoms with Crippen molar-refractivity contribution in [3.63, 3.8) is 0 Å². The topological polar surface area (TPSA) is 88.4 Å². The molecular weight excluding hydrogens is 294 g/mol. The fourth-order valence-electron chi connectivity index (χ4n) is 2.47. The molecule has 2 amide bonds. The van der Waals surface area contributed by atoms with Crippen LogP contribution in [0.1, 0.15) is 31.4 Å². The Bertz CT molecular complexity index is 752. The van der Waals surface area contributed by atoms with Crippen molar-refractivity contribution in [1.82, 2.24) is 20.5 Å². The number of aromatic nitrogens is 2. The molecule has 7 heteroatoms. The number of hydrogen-bond acceptors (Lipinski definition) is 4. The van der Waals surface area contributed by atoms with Crippen LogP contribution in [0.25, 0.3) is 5.69 Å². The molecule has 0 spiro atoms. The van der Waals surface area contributed by atoms with Crippen molar-refractivity contribution in [2.24, 2.45) is 5.10 Å². The van der Waals surface area contributed by atoms with E-state index in [0.29, 0.717) is 12.1 Å². The van der Waals surface area contributed by atoms with Crippen molar-refractivity contribution in [1.29, 1.82) is 0 Å². The van der Waals surface area contributed by atoms with Crippen LogP contribution in [0.4, 0.5) is 0 Å². The number of para-hydroxylation sites is 1. The van der Waals surface area contributed by atoms with E-state index in [2.05, 4.69) is 20.9 Å². The molecule has 23 heavy (non-hydrogen) atoms. The average Bonchev–Trinajstić information content (AvgIpc) is 3.09. The standard InChI is InChI=1S/C16H17N5O2/c1-11(18-16(23)13-7-8-15(22)20-19-13)12-5-2-3-6-14(12)21-10-4-9-17-21/h2-6,9-11H,7-8H2,1H3,(H,18,23)(H,20,22). The highest BCUT2D eigenvalue weighted by Crippen LogP contribution is 2.21. The molecule has 2 aromatic rings. The third kappa shape index (κ3) is 3.28. The molecule has 3 rings (SSSR count). The van der Waals surface area contributed by atoms with Crippen LogP contribution in [-0.2, 0) is 9.59 Å². The van der Waals surface area contributed by atoms with Gasteiger partial charge in [0.25, 0.3) is 5.91 Å². The van der Waals surface area contributed by atoms with Crippen molar-refractivity contribution >= 4 is 17.5 Å². The highest BCUT2D eigenvalue weighted by Gasteiger charge is 2.21. The molecule has 7 nitrogen and oxygen atoms in total. The summed E-state index contributed by atoms with van der Waals surface area (Å²) < 4.78 is 1.76. The Morgan fingerprint density at radius 1 is 1.30 bits per heavy atom. The largest absolute Gasteiger partial charge is 0.344 e. The van der Waals surface area contributed by atoms with Crippen LogP contribution in [-0.4, -0.2) is 27.3 Å². The monoisotopic (exact) mass is 311 g/mol. The molecule has 0 radical (unpaired) electrons. The van der Waals surface area contributed by atoms with Gasteiger partial charge in [0.1, 0.15) is 5.71 Å². The first kappa shape index (κ1) is 15.0. The van der Waals surface area contributed by atoms with E-state index in [4.69, 9.17) is 0 Å². The second-order valence-electron chi connectivity index (χ2n) is 5.30. The third-order valence-corrected chi connectivity index (χ3v) is 3.67. The second kappa shape index (κ2) is 6.43. The van der Waals surface area contributed by atoms with Crippen LogP contribution in [0.15, 0.2) is 47.8 Å². The molecule has 1 unspecified atom stereocenters. The van der Waals surface area contributed by atoms with E-state index in [1.54, 1.807) is 10.9 Å². The van der Waals surface area contributed by atoms with E-state index < -0.39 is 0 Å². The molecule has 2 heterocycles. The summed E-state index contributed by atoms with van der Waals surface area (Å²) >= 11 is 0. The maximum atomic E-state index is 12.3. The Labute approximate surface area is 133 Å². The SMILES string of the molecule is CC(NC(=O)C1=NNC(=O)CC1)c1ccccc1-n1cccn1. The molecule has 1 aromatic carbocycles. The molecule has 0 aliphatic carbocycles. The molecule has 0 saturated heterocycles.